The van der Waals surface area contributed by atoms with Crippen molar-refractivity contribution >= 4 is 29.1 Å². The maximum atomic E-state index is 12.6. The smallest absolute Gasteiger partial charge is 0.265 e. The van der Waals surface area contributed by atoms with Crippen molar-refractivity contribution in [2.45, 2.75) is 12.5 Å². The Morgan fingerprint density at radius 2 is 2.04 bits per heavy atom. The molecule has 0 bridgehead atoms. The van der Waals surface area contributed by atoms with Gasteiger partial charge in [-0.1, -0.05) is 29.8 Å². The molecular weight excluding hydrogens is 356 g/mol. The van der Waals surface area contributed by atoms with Gasteiger partial charge in [-0.25, -0.2) is 0 Å². The fourth-order valence-corrected chi connectivity index (χ4v) is 3.39. The molecule has 1 atom stereocenters. The van der Waals surface area contributed by atoms with Crippen LogP contribution in [0.2, 0.25) is 5.02 Å². The number of carbonyl (C=O) groups excluding carboxylic acids is 2. The van der Waals surface area contributed by atoms with Gasteiger partial charge in [0.15, 0.2) is 6.61 Å². The summed E-state index contributed by atoms with van der Waals surface area (Å²) < 4.78 is 11.0. The van der Waals surface area contributed by atoms with Crippen LogP contribution in [-0.4, -0.2) is 31.6 Å². The summed E-state index contributed by atoms with van der Waals surface area (Å²) in [6.45, 7) is 0.355. The maximum Gasteiger partial charge on any atom is 0.265 e. The second-order valence-corrected chi connectivity index (χ2v) is 6.61. The summed E-state index contributed by atoms with van der Waals surface area (Å²) in [5, 5.41) is 3.48. The van der Waals surface area contributed by atoms with E-state index in [1.54, 1.807) is 18.2 Å². The summed E-state index contributed by atoms with van der Waals surface area (Å²) in [5.41, 5.74) is 1.46. The zero-order valence-corrected chi connectivity index (χ0v) is 14.7. The van der Waals surface area contributed by atoms with Gasteiger partial charge in [-0.05, 0) is 24.3 Å². The van der Waals surface area contributed by atoms with Crippen molar-refractivity contribution in [3.63, 3.8) is 0 Å². The number of hydrogen-bond acceptors (Lipinski definition) is 4. The summed E-state index contributed by atoms with van der Waals surface area (Å²) in [6, 6.07) is 12.5. The Labute approximate surface area is 155 Å². The first kappa shape index (κ1) is 16.7. The molecule has 134 valence electrons. The summed E-state index contributed by atoms with van der Waals surface area (Å²) >= 11 is 6.03. The van der Waals surface area contributed by atoms with Crippen molar-refractivity contribution in [2.75, 3.05) is 24.7 Å². The number of amides is 2. The quantitative estimate of drug-likeness (QED) is 0.899. The van der Waals surface area contributed by atoms with Crippen LogP contribution in [0.15, 0.2) is 42.5 Å². The maximum absolute atomic E-state index is 12.6. The van der Waals surface area contributed by atoms with E-state index >= 15 is 0 Å². The van der Waals surface area contributed by atoms with Gasteiger partial charge in [0.25, 0.3) is 5.91 Å². The van der Waals surface area contributed by atoms with E-state index in [9.17, 15) is 9.59 Å². The minimum Gasteiger partial charge on any atom is -0.493 e. The molecule has 26 heavy (non-hydrogen) atoms. The van der Waals surface area contributed by atoms with Crippen molar-refractivity contribution in [2.24, 2.45) is 0 Å². The number of anilines is 1. The fourth-order valence-electron chi connectivity index (χ4n) is 3.22. The third-order valence-electron chi connectivity index (χ3n) is 4.46. The lowest BCUT2D eigenvalue weighted by molar-refractivity contribution is -0.125. The molecule has 1 unspecified atom stereocenters. The second-order valence-electron chi connectivity index (χ2n) is 6.18. The number of hydrogen-bond donors (Lipinski definition) is 1. The minimum absolute atomic E-state index is 0.0882. The first-order valence-corrected chi connectivity index (χ1v) is 8.73. The molecule has 0 saturated carbocycles. The molecule has 2 amide bonds. The van der Waals surface area contributed by atoms with Crippen molar-refractivity contribution in [1.82, 2.24) is 5.32 Å². The fraction of sp³-hybridized carbons (Fsp3) is 0.263. The van der Waals surface area contributed by atoms with E-state index in [2.05, 4.69) is 5.32 Å². The number of rotatable bonds is 3. The van der Waals surface area contributed by atoms with Gasteiger partial charge >= 0.3 is 0 Å². The van der Waals surface area contributed by atoms with E-state index < -0.39 is 0 Å². The van der Waals surface area contributed by atoms with Crippen LogP contribution < -0.4 is 19.7 Å². The standard InChI is InChI=1S/C19H17ClN2O4/c20-12-5-6-17-15(9-12)22(19(24)11-26-17)10-18(23)21-14-7-8-25-16-4-2-1-3-13(14)16/h1-6,9,14H,7-8,10-11H2,(H,21,23). The molecule has 2 aromatic rings. The zero-order valence-electron chi connectivity index (χ0n) is 13.9. The van der Waals surface area contributed by atoms with Crippen molar-refractivity contribution < 1.29 is 19.1 Å². The van der Waals surface area contributed by atoms with Crippen LogP contribution in [0, 0.1) is 0 Å². The summed E-state index contributed by atoms with van der Waals surface area (Å²) in [5.74, 6) is 0.803. The lowest BCUT2D eigenvalue weighted by atomic mass is 10.0. The molecule has 2 aliphatic rings. The lowest BCUT2D eigenvalue weighted by Crippen LogP contribution is -2.46. The van der Waals surface area contributed by atoms with E-state index in [-0.39, 0.29) is 31.0 Å². The summed E-state index contributed by atoms with van der Waals surface area (Å²) in [7, 11) is 0. The molecular formula is C19H17ClN2O4. The van der Waals surface area contributed by atoms with Gasteiger partial charge < -0.3 is 14.8 Å². The largest absolute Gasteiger partial charge is 0.493 e. The Bertz CT molecular complexity index is 870. The van der Waals surface area contributed by atoms with Crippen LogP contribution >= 0.6 is 11.6 Å². The highest BCUT2D eigenvalue weighted by Gasteiger charge is 2.29. The molecule has 0 aromatic heterocycles. The van der Waals surface area contributed by atoms with E-state index in [0.717, 1.165) is 11.3 Å². The molecule has 2 heterocycles. The molecule has 1 N–H and O–H groups in total. The van der Waals surface area contributed by atoms with Gasteiger partial charge in [-0.2, -0.15) is 0 Å². The molecule has 7 heteroatoms. The van der Waals surface area contributed by atoms with E-state index in [4.69, 9.17) is 21.1 Å². The van der Waals surface area contributed by atoms with E-state index in [0.29, 0.717) is 29.5 Å². The minimum atomic E-state index is -0.276. The number of carbonyl (C=O) groups is 2. The molecule has 0 radical (unpaired) electrons. The second kappa shape index (κ2) is 6.88. The van der Waals surface area contributed by atoms with Crippen molar-refractivity contribution in [3.8, 4) is 11.5 Å². The third kappa shape index (κ3) is 3.20. The average molecular weight is 373 g/mol. The molecule has 0 aliphatic carbocycles. The van der Waals surface area contributed by atoms with E-state index in [1.165, 1.54) is 4.90 Å². The van der Waals surface area contributed by atoms with E-state index in [1.807, 2.05) is 24.3 Å². The molecule has 2 aliphatic heterocycles. The topological polar surface area (TPSA) is 67.9 Å². The van der Waals surface area contributed by atoms with Crippen molar-refractivity contribution in [1.29, 1.82) is 0 Å². The van der Waals surface area contributed by atoms with Gasteiger partial charge in [0.1, 0.15) is 18.0 Å². The number of para-hydroxylation sites is 1. The zero-order chi connectivity index (χ0) is 18.1. The molecule has 0 fully saturated rings. The average Bonchev–Trinajstić information content (AvgIpc) is 2.64. The third-order valence-corrected chi connectivity index (χ3v) is 4.69. The van der Waals surface area contributed by atoms with Gasteiger partial charge in [0.05, 0.1) is 18.3 Å². The van der Waals surface area contributed by atoms with Crippen LogP contribution in [0.1, 0.15) is 18.0 Å². The monoisotopic (exact) mass is 372 g/mol. The van der Waals surface area contributed by atoms with Crippen LogP contribution in [0.5, 0.6) is 11.5 Å². The first-order chi connectivity index (χ1) is 12.6. The highest BCUT2D eigenvalue weighted by atomic mass is 35.5. The number of nitrogens with zero attached hydrogens (tertiary/aromatic N) is 1. The lowest BCUT2D eigenvalue weighted by Gasteiger charge is -2.31. The SMILES string of the molecule is O=C(CN1C(=O)COc2ccc(Cl)cc21)NC1CCOc2ccccc21. The number of nitrogens with one attached hydrogen (secondary N) is 1. The normalized spacial score (nSPS) is 18.3. The predicted octanol–water partition coefficient (Wildman–Crippen LogP) is 2.71. The Morgan fingerprint density at radius 1 is 1.19 bits per heavy atom. The molecule has 2 aromatic carbocycles. The first-order valence-electron chi connectivity index (χ1n) is 8.35. The number of benzene rings is 2. The van der Waals surface area contributed by atoms with Crippen LogP contribution in [0.25, 0.3) is 0 Å². The Morgan fingerprint density at radius 3 is 2.92 bits per heavy atom. The Balaban J connectivity index is 1.51. The van der Waals surface area contributed by atoms with Crippen LogP contribution in [0.4, 0.5) is 5.69 Å². The molecule has 0 saturated heterocycles. The summed E-state index contributed by atoms with van der Waals surface area (Å²) in [4.78, 5) is 26.3. The van der Waals surface area contributed by atoms with Crippen LogP contribution in [-0.2, 0) is 9.59 Å². The number of ether oxygens (including phenoxy) is 2. The van der Waals surface area contributed by atoms with Gasteiger partial charge in [-0.15, -0.1) is 0 Å². The van der Waals surface area contributed by atoms with Gasteiger partial charge in [-0.3, -0.25) is 14.5 Å². The highest BCUT2D eigenvalue weighted by Crippen LogP contribution is 2.35. The highest BCUT2D eigenvalue weighted by molar-refractivity contribution is 6.31. The Hall–Kier alpha value is -2.73. The van der Waals surface area contributed by atoms with Gasteiger partial charge in [0.2, 0.25) is 5.91 Å². The van der Waals surface area contributed by atoms with Gasteiger partial charge in [0, 0.05) is 17.0 Å². The number of halogens is 1. The summed E-state index contributed by atoms with van der Waals surface area (Å²) in [6.07, 6.45) is 0.683. The predicted molar refractivity (Wildman–Crippen MR) is 96.7 cm³/mol. The molecule has 0 spiro atoms. The Kier molecular flexibility index (Phi) is 4.42. The number of fused-ring (bicyclic) bond motifs is 2. The molecule has 6 nitrogen and oxygen atoms in total. The van der Waals surface area contributed by atoms with Crippen LogP contribution in [0.3, 0.4) is 0 Å². The molecule has 4 rings (SSSR count). The van der Waals surface area contributed by atoms with Crippen molar-refractivity contribution in [3.05, 3.63) is 53.1 Å².